The highest BCUT2D eigenvalue weighted by Crippen LogP contribution is 2.29. The normalized spacial score (nSPS) is 10.6. The number of hydrogen-bond acceptors (Lipinski definition) is 6. The molecule has 0 radical (unpaired) electrons. The second-order valence-electron chi connectivity index (χ2n) is 8.81. The zero-order valence-electron chi connectivity index (χ0n) is 21.0. The maximum Gasteiger partial charge on any atom is 0.305 e. The first kappa shape index (κ1) is 27.5. The summed E-state index contributed by atoms with van der Waals surface area (Å²) >= 11 is 0. The minimum Gasteiger partial charge on any atom is -0.322 e. The minimum atomic E-state index is -1.04. The van der Waals surface area contributed by atoms with E-state index in [4.69, 9.17) is 0 Å². The number of aryl methyl sites for hydroxylation is 2. The minimum absolute atomic E-state index is 0.0694. The molecule has 0 aromatic heterocycles. The molecule has 40 heavy (non-hydrogen) atoms. The molecule has 0 aliphatic rings. The molecule has 0 saturated heterocycles. The van der Waals surface area contributed by atoms with Gasteiger partial charge in [-0.3, -0.25) is 29.8 Å². The Morgan fingerprint density at radius 1 is 0.625 bits per heavy atom. The summed E-state index contributed by atoms with van der Waals surface area (Å²) in [5, 5.41) is 27.3. The van der Waals surface area contributed by atoms with Crippen molar-refractivity contribution in [1.82, 2.24) is 0 Å². The van der Waals surface area contributed by atoms with Crippen LogP contribution in [0.2, 0.25) is 0 Å². The molecule has 4 aromatic carbocycles. The Bertz CT molecular complexity index is 1580. The smallest absolute Gasteiger partial charge is 0.305 e. The Balaban J connectivity index is 1.50. The Kier molecular flexibility index (Phi) is 7.62. The molecule has 0 bridgehead atoms. The predicted molar refractivity (Wildman–Crippen MR) is 143 cm³/mol. The summed E-state index contributed by atoms with van der Waals surface area (Å²) < 4.78 is 27.2. The molecule has 0 aliphatic carbocycles. The standard InChI is InChI=1S/C28H20F2N4O6/c1-15-11-17(5-9-23(15)31-27(35)19-3-7-21(29)25(13-19)33(37)38)18-6-10-24(16(2)12-18)32-28(36)20-4-8-22(30)26(14-20)34(39)40/h3-14H,1-2H3,(H,31,35)(H,32,36). The third-order valence-corrected chi connectivity index (χ3v) is 6.09. The molecule has 0 aliphatic heterocycles. The zero-order chi connectivity index (χ0) is 29.1. The molecule has 0 fully saturated rings. The molecule has 0 atom stereocenters. The summed E-state index contributed by atoms with van der Waals surface area (Å²) in [4.78, 5) is 45.3. The van der Waals surface area contributed by atoms with Crippen molar-refractivity contribution in [3.63, 3.8) is 0 Å². The van der Waals surface area contributed by atoms with E-state index < -0.39 is 44.7 Å². The van der Waals surface area contributed by atoms with Gasteiger partial charge in [0.15, 0.2) is 0 Å². The van der Waals surface area contributed by atoms with Crippen LogP contribution in [0.25, 0.3) is 11.1 Å². The molecule has 4 rings (SSSR count). The molecule has 0 spiro atoms. The van der Waals surface area contributed by atoms with Gasteiger partial charge in [0.05, 0.1) is 9.85 Å². The number of amides is 2. The number of nitrogens with zero attached hydrogens (tertiary/aromatic N) is 2. The van der Waals surface area contributed by atoms with Gasteiger partial charge in [0.1, 0.15) is 0 Å². The Morgan fingerprint density at radius 3 is 1.32 bits per heavy atom. The van der Waals surface area contributed by atoms with E-state index in [0.29, 0.717) is 22.5 Å². The van der Waals surface area contributed by atoms with Gasteiger partial charge in [0, 0.05) is 34.6 Å². The van der Waals surface area contributed by atoms with Crippen LogP contribution in [0.3, 0.4) is 0 Å². The van der Waals surface area contributed by atoms with Crippen LogP contribution in [0.5, 0.6) is 0 Å². The third-order valence-electron chi connectivity index (χ3n) is 6.09. The van der Waals surface area contributed by atoms with Crippen LogP contribution >= 0.6 is 0 Å². The van der Waals surface area contributed by atoms with E-state index in [0.717, 1.165) is 47.5 Å². The van der Waals surface area contributed by atoms with E-state index in [1.54, 1.807) is 38.1 Å². The number of nitro benzene ring substituents is 2. The van der Waals surface area contributed by atoms with Gasteiger partial charge in [0.2, 0.25) is 11.6 Å². The van der Waals surface area contributed by atoms with Crippen LogP contribution in [-0.2, 0) is 0 Å². The first-order chi connectivity index (χ1) is 18.9. The van der Waals surface area contributed by atoms with Gasteiger partial charge in [-0.15, -0.1) is 0 Å². The van der Waals surface area contributed by atoms with Crippen LogP contribution in [0.1, 0.15) is 31.8 Å². The molecule has 12 heteroatoms. The lowest BCUT2D eigenvalue weighted by molar-refractivity contribution is -0.387. The number of rotatable bonds is 7. The number of hydrogen-bond donors (Lipinski definition) is 2. The summed E-state index contributed by atoms with van der Waals surface area (Å²) in [5.41, 5.74) is 2.14. The van der Waals surface area contributed by atoms with Gasteiger partial charge < -0.3 is 10.6 Å². The number of anilines is 2. The second-order valence-corrected chi connectivity index (χ2v) is 8.81. The molecule has 0 saturated carbocycles. The summed E-state index contributed by atoms with van der Waals surface area (Å²) in [6, 6.07) is 16.2. The van der Waals surface area contributed by atoms with Crippen LogP contribution < -0.4 is 10.6 Å². The van der Waals surface area contributed by atoms with E-state index in [1.807, 2.05) is 12.1 Å². The molecule has 2 N–H and O–H groups in total. The maximum absolute atomic E-state index is 13.6. The Labute approximate surface area is 225 Å². The molecular formula is C28H20F2N4O6. The number of nitro groups is 2. The van der Waals surface area contributed by atoms with Gasteiger partial charge >= 0.3 is 11.4 Å². The van der Waals surface area contributed by atoms with Crippen molar-refractivity contribution in [1.29, 1.82) is 0 Å². The largest absolute Gasteiger partial charge is 0.322 e. The fourth-order valence-electron chi connectivity index (χ4n) is 3.94. The van der Waals surface area contributed by atoms with Crippen LogP contribution in [0.4, 0.5) is 31.5 Å². The summed E-state index contributed by atoms with van der Waals surface area (Å²) in [7, 11) is 0. The van der Waals surface area contributed by atoms with Gasteiger partial charge in [-0.2, -0.15) is 8.78 Å². The predicted octanol–water partition coefficient (Wildman–Crippen LogP) is 6.57. The average molecular weight is 546 g/mol. The highest BCUT2D eigenvalue weighted by Gasteiger charge is 2.19. The fraction of sp³-hybridized carbons (Fsp3) is 0.0714. The van der Waals surface area contributed by atoms with Crippen molar-refractivity contribution in [3.8, 4) is 11.1 Å². The van der Waals surface area contributed by atoms with Crippen LogP contribution in [-0.4, -0.2) is 21.7 Å². The van der Waals surface area contributed by atoms with Crippen molar-refractivity contribution < 1.29 is 28.2 Å². The summed E-state index contributed by atoms with van der Waals surface area (Å²) in [5.74, 6) is -3.35. The molecule has 2 amide bonds. The van der Waals surface area contributed by atoms with Crippen LogP contribution in [0.15, 0.2) is 72.8 Å². The topological polar surface area (TPSA) is 144 Å². The van der Waals surface area contributed by atoms with E-state index in [9.17, 15) is 38.6 Å². The number of carbonyl (C=O) groups excluding carboxylic acids is 2. The molecule has 10 nitrogen and oxygen atoms in total. The van der Waals surface area contributed by atoms with Gasteiger partial charge in [-0.1, -0.05) is 12.1 Å². The average Bonchev–Trinajstić information content (AvgIpc) is 2.91. The lowest BCUT2D eigenvalue weighted by atomic mass is 9.99. The first-order valence-electron chi connectivity index (χ1n) is 11.7. The fourth-order valence-corrected chi connectivity index (χ4v) is 3.94. The number of halogens is 2. The Hall–Kier alpha value is -5.52. The zero-order valence-corrected chi connectivity index (χ0v) is 21.0. The van der Waals surface area contributed by atoms with Crippen molar-refractivity contribution in [2.75, 3.05) is 10.6 Å². The Morgan fingerprint density at radius 2 is 1.00 bits per heavy atom. The number of nitrogens with one attached hydrogen (secondary N) is 2. The van der Waals surface area contributed by atoms with Crippen LogP contribution in [0, 0.1) is 45.7 Å². The molecule has 202 valence electrons. The highest BCUT2D eigenvalue weighted by atomic mass is 19.1. The third kappa shape index (κ3) is 5.80. The number of benzene rings is 4. The number of carbonyl (C=O) groups is 2. The van der Waals surface area contributed by atoms with E-state index in [2.05, 4.69) is 10.6 Å². The second kappa shape index (κ2) is 11.1. The SMILES string of the molecule is Cc1cc(-c2ccc(NC(=O)c3ccc(F)c([N+](=O)[O-])c3)c(C)c2)ccc1NC(=O)c1ccc(F)c([N+](=O)[O-])c1. The van der Waals surface area contributed by atoms with Gasteiger partial charge in [0.25, 0.3) is 11.8 Å². The van der Waals surface area contributed by atoms with Crippen molar-refractivity contribution in [3.05, 3.63) is 127 Å². The van der Waals surface area contributed by atoms with Crippen molar-refractivity contribution >= 4 is 34.6 Å². The lowest BCUT2D eigenvalue weighted by Crippen LogP contribution is -2.13. The van der Waals surface area contributed by atoms with Gasteiger partial charge in [-0.05, 0) is 84.6 Å². The quantitative estimate of drug-likeness (QED) is 0.198. The monoisotopic (exact) mass is 546 g/mol. The molecule has 4 aromatic rings. The highest BCUT2D eigenvalue weighted by molar-refractivity contribution is 6.06. The molecule has 0 unspecified atom stereocenters. The first-order valence-corrected chi connectivity index (χ1v) is 11.7. The van der Waals surface area contributed by atoms with E-state index in [1.165, 1.54) is 0 Å². The summed E-state index contributed by atoms with van der Waals surface area (Å²) in [6.45, 7) is 3.52. The maximum atomic E-state index is 13.6. The van der Waals surface area contributed by atoms with Gasteiger partial charge in [-0.25, -0.2) is 0 Å². The van der Waals surface area contributed by atoms with E-state index in [-0.39, 0.29) is 11.1 Å². The van der Waals surface area contributed by atoms with E-state index >= 15 is 0 Å². The van der Waals surface area contributed by atoms with Crippen molar-refractivity contribution in [2.45, 2.75) is 13.8 Å². The van der Waals surface area contributed by atoms with Crippen molar-refractivity contribution in [2.24, 2.45) is 0 Å². The molecule has 0 heterocycles. The summed E-state index contributed by atoms with van der Waals surface area (Å²) in [6.07, 6.45) is 0. The molecular weight excluding hydrogens is 526 g/mol. The lowest BCUT2D eigenvalue weighted by Gasteiger charge is -2.13.